The highest BCUT2D eigenvalue weighted by molar-refractivity contribution is 7.90. The summed E-state index contributed by atoms with van der Waals surface area (Å²) in [6.07, 6.45) is 1.76. The first-order chi connectivity index (χ1) is 18.6. The van der Waals surface area contributed by atoms with Gasteiger partial charge in [-0.15, -0.1) is 0 Å². The summed E-state index contributed by atoms with van der Waals surface area (Å²) in [7, 11) is -0.507. The Balaban J connectivity index is 2.36. The fraction of sp³-hybridized carbons (Fsp3) is 0.387. The molecule has 214 valence electrons. The van der Waals surface area contributed by atoms with Gasteiger partial charge in [0, 0.05) is 59.2 Å². The minimum absolute atomic E-state index is 0.0127. The number of rotatable bonds is 10. The van der Waals surface area contributed by atoms with E-state index in [1.807, 2.05) is 27.7 Å². The van der Waals surface area contributed by atoms with Crippen molar-refractivity contribution < 1.29 is 27.1 Å². The van der Waals surface area contributed by atoms with Gasteiger partial charge < -0.3 is 9.30 Å². The summed E-state index contributed by atoms with van der Waals surface area (Å²) >= 11 is 0. The Bertz CT molecular complexity index is 1600. The molecule has 0 saturated carbocycles. The molecule has 0 aliphatic heterocycles. The summed E-state index contributed by atoms with van der Waals surface area (Å²) in [5.41, 5.74) is 1.35. The van der Waals surface area contributed by atoms with E-state index in [1.165, 1.54) is 48.1 Å². The van der Waals surface area contributed by atoms with Crippen LogP contribution in [0, 0.1) is 11.2 Å². The molecule has 3 rings (SSSR count). The number of nitrogens with zero attached hydrogens (tertiary/aromatic N) is 1. The van der Waals surface area contributed by atoms with Gasteiger partial charge in [0.25, 0.3) is 5.56 Å². The minimum Gasteiger partial charge on any atom is -0.496 e. The molecule has 0 amide bonds. The van der Waals surface area contributed by atoms with Crippen LogP contribution in [0.15, 0.2) is 53.5 Å². The number of benzene rings is 2. The van der Waals surface area contributed by atoms with Crippen molar-refractivity contribution in [3.63, 3.8) is 0 Å². The van der Waals surface area contributed by atoms with Gasteiger partial charge in [-0.2, -0.15) is 0 Å². The molecule has 7 nitrogen and oxygen atoms in total. The van der Waals surface area contributed by atoms with Crippen LogP contribution in [0.1, 0.15) is 74.0 Å². The van der Waals surface area contributed by atoms with Gasteiger partial charge >= 0.3 is 0 Å². The molecule has 2 aromatic carbocycles. The Kier molecular flexibility index (Phi) is 9.19. The average Bonchev–Trinajstić information content (AvgIpc) is 2.89. The molecular formula is C31H36FNO6S. The van der Waals surface area contributed by atoms with Crippen molar-refractivity contribution in [2.75, 3.05) is 12.9 Å². The molecule has 0 N–H and O–H groups in total. The fourth-order valence-corrected chi connectivity index (χ4v) is 5.31. The van der Waals surface area contributed by atoms with Crippen LogP contribution in [0.5, 0.6) is 5.75 Å². The Morgan fingerprint density at radius 1 is 1.05 bits per heavy atom. The first-order valence-electron chi connectivity index (χ1n) is 13.0. The average molecular weight is 570 g/mol. The highest BCUT2D eigenvalue weighted by Gasteiger charge is 2.28. The van der Waals surface area contributed by atoms with Crippen molar-refractivity contribution in [3.05, 3.63) is 87.1 Å². The van der Waals surface area contributed by atoms with Crippen LogP contribution in [0.25, 0.3) is 11.1 Å². The smallest absolute Gasteiger partial charge is 0.250 e. The summed E-state index contributed by atoms with van der Waals surface area (Å²) in [6.45, 7) is 8.88. The molecule has 1 aromatic heterocycles. The van der Waals surface area contributed by atoms with Gasteiger partial charge in [0.1, 0.15) is 17.3 Å². The SMILES string of the molecule is CCS(=O)(=O)Cc1cc(-c2cn(C)c(=O)cc2[C@H](C)CC(=O)C(C)(C)C)c(C(=O)c2ccc(F)cc2)cc1OC. The van der Waals surface area contributed by atoms with Gasteiger partial charge in [-0.3, -0.25) is 14.4 Å². The zero-order valence-electron chi connectivity index (χ0n) is 24.0. The van der Waals surface area contributed by atoms with Crippen molar-refractivity contribution in [2.45, 2.75) is 52.7 Å². The Morgan fingerprint density at radius 3 is 2.23 bits per heavy atom. The number of ether oxygens (including phenoxy) is 1. The maximum absolute atomic E-state index is 13.8. The highest BCUT2D eigenvalue weighted by atomic mass is 32.2. The van der Waals surface area contributed by atoms with Crippen molar-refractivity contribution in [2.24, 2.45) is 12.5 Å². The number of sulfone groups is 1. The third-order valence-corrected chi connectivity index (χ3v) is 8.63. The summed E-state index contributed by atoms with van der Waals surface area (Å²) in [5, 5.41) is 0. The van der Waals surface area contributed by atoms with Gasteiger partial charge in [0.15, 0.2) is 15.6 Å². The fourth-order valence-electron chi connectivity index (χ4n) is 4.41. The number of aryl methyl sites for hydroxylation is 1. The van der Waals surface area contributed by atoms with E-state index in [0.29, 0.717) is 22.3 Å². The summed E-state index contributed by atoms with van der Waals surface area (Å²) in [4.78, 5) is 39.5. The largest absolute Gasteiger partial charge is 0.496 e. The molecule has 1 atom stereocenters. The second-order valence-corrected chi connectivity index (χ2v) is 13.4. The van der Waals surface area contributed by atoms with E-state index in [2.05, 4.69) is 0 Å². The second kappa shape index (κ2) is 11.9. The number of pyridine rings is 1. The van der Waals surface area contributed by atoms with Gasteiger partial charge in [-0.25, -0.2) is 12.8 Å². The Labute approximate surface area is 234 Å². The lowest BCUT2D eigenvalue weighted by atomic mass is 9.81. The van der Waals surface area contributed by atoms with E-state index in [0.717, 1.165) is 0 Å². The van der Waals surface area contributed by atoms with Gasteiger partial charge in [-0.05, 0) is 53.4 Å². The zero-order chi connectivity index (χ0) is 30.0. The molecule has 9 heteroatoms. The lowest BCUT2D eigenvalue weighted by Gasteiger charge is -2.23. The Morgan fingerprint density at radius 2 is 1.68 bits per heavy atom. The van der Waals surface area contributed by atoms with Crippen LogP contribution in [-0.2, 0) is 27.4 Å². The van der Waals surface area contributed by atoms with E-state index in [9.17, 15) is 27.2 Å². The van der Waals surface area contributed by atoms with Crippen LogP contribution in [-0.4, -0.2) is 37.4 Å². The zero-order valence-corrected chi connectivity index (χ0v) is 24.8. The molecule has 0 radical (unpaired) electrons. The molecule has 0 spiro atoms. The standard InChI is InChI=1S/C31H36FNO6S/c1-8-40(37,38)18-21-14-24(25(15-27(21)39-7)30(36)20-9-11-22(32)12-10-20)26-17-33(6)29(35)16-23(26)19(2)13-28(34)31(3,4)5/h9-12,14-17,19H,8,13,18H2,1-7H3/t19-/m1/s1. The number of Topliss-reactive ketones (excluding diaryl/α,β-unsaturated/α-hetero) is 1. The van der Waals surface area contributed by atoms with Gasteiger partial charge in [0.05, 0.1) is 12.9 Å². The number of methoxy groups -OCH3 is 1. The summed E-state index contributed by atoms with van der Waals surface area (Å²) < 4.78 is 45.7. The van der Waals surface area contributed by atoms with Crippen LogP contribution in [0.2, 0.25) is 0 Å². The van der Waals surface area contributed by atoms with Crippen molar-refractivity contribution >= 4 is 21.4 Å². The molecule has 0 bridgehead atoms. The third kappa shape index (κ3) is 6.94. The topological polar surface area (TPSA) is 99.5 Å². The van der Waals surface area contributed by atoms with Crippen LogP contribution >= 0.6 is 0 Å². The quantitative estimate of drug-likeness (QED) is 0.300. The van der Waals surface area contributed by atoms with E-state index < -0.39 is 26.9 Å². The first-order valence-corrected chi connectivity index (χ1v) is 14.9. The molecule has 0 aliphatic rings. The predicted octanol–water partition coefficient (Wildman–Crippen LogP) is 5.47. The highest BCUT2D eigenvalue weighted by Crippen LogP contribution is 2.38. The summed E-state index contributed by atoms with van der Waals surface area (Å²) in [6, 6.07) is 9.65. The number of halogens is 1. The van der Waals surface area contributed by atoms with Crippen LogP contribution in [0.4, 0.5) is 4.39 Å². The molecular weight excluding hydrogens is 533 g/mol. The molecule has 0 saturated heterocycles. The maximum atomic E-state index is 13.8. The van der Waals surface area contributed by atoms with E-state index in [4.69, 9.17) is 4.74 Å². The third-order valence-electron chi connectivity index (χ3n) is 7.00. The maximum Gasteiger partial charge on any atom is 0.250 e. The molecule has 3 aromatic rings. The molecule has 0 unspecified atom stereocenters. The summed E-state index contributed by atoms with van der Waals surface area (Å²) in [5.74, 6) is -1.48. The molecule has 0 fully saturated rings. The Hall–Kier alpha value is -3.59. The monoisotopic (exact) mass is 569 g/mol. The lowest BCUT2D eigenvalue weighted by Crippen LogP contribution is -2.23. The second-order valence-electron chi connectivity index (χ2n) is 11.1. The van der Waals surface area contributed by atoms with Crippen LogP contribution in [0.3, 0.4) is 0 Å². The van der Waals surface area contributed by atoms with Gasteiger partial charge in [-0.1, -0.05) is 34.6 Å². The number of hydrogen-bond acceptors (Lipinski definition) is 6. The molecule has 1 heterocycles. The van der Waals surface area contributed by atoms with Crippen molar-refractivity contribution in [1.82, 2.24) is 4.57 Å². The van der Waals surface area contributed by atoms with Crippen molar-refractivity contribution in [3.8, 4) is 16.9 Å². The first kappa shape index (κ1) is 30.9. The number of carbonyl (C=O) groups excluding carboxylic acids is 2. The number of carbonyl (C=O) groups is 2. The van der Waals surface area contributed by atoms with E-state index >= 15 is 0 Å². The van der Waals surface area contributed by atoms with Crippen molar-refractivity contribution in [1.29, 1.82) is 0 Å². The van der Waals surface area contributed by atoms with E-state index in [-0.39, 0.29) is 52.1 Å². The predicted molar refractivity (Wildman–Crippen MR) is 154 cm³/mol. The molecule has 40 heavy (non-hydrogen) atoms. The van der Waals surface area contributed by atoms with Gasteiger partial charge in [0.2, 0.25) is 0 Å². The van der Waals surface area contributed by atoms with E-state index in [1.54, 1.807) is 26.2 Å². The number of ketones is 2. The number of aromatic nitrogens is 1. The minimum atomic E-state index is -3.47. The normalized spacial score (nSPS) is 12.7. The number of hydrogen-bond donors (Lipinski definition) is 0. The lowest BCUT2D eigenvalue weighted by molar-refractivity contribution is -0.126. The molecule has 0 aliphatic carbocycles. The van der Waals surface area contributed by atoms with Crippen LogP contribution < -0.4 is 10.3 Å².